The smallest absolute Gasteiger partial charge is 0.337 e. The maximum atomic E-state index is 11.1. The molecule has 88 valence electrons. The Kier molecular flexibility index (Phi) is 4.80. The van der Waals surface area contributed by atoms with E-state index in [9.17, 15) is 4.79 Å². The summed E-state index contributed by atoms with van der Waals surface area (Å²) in [5, 5.41) is 12.4. The molecule has 0 heterocycles. The number of anilines is 1. The Morgan fingerprint density at radius 3 is 2.56 bits per heavy atom. The van der Waals surface area contributed by atoms with Crippen LogP contribution in [0.3, 0.4) is 0 Å². The highest BCUT2D eigenvalue weighted by molar-refractivity contribution is 9.10. The van der Waals surface area contributed by atoms with Crippen molar-refractivity contribution in [3.05, 3.63) is 28.2 Å². The SMILES string of the molecule is CCC(CC)Nc1c(Br)cccc1C(=O)O. The van der Waals surface area contributed by atoms with Gasteiger partial charge in [0.2, 0.25) is 0 Å². The van der Waals surface area contributed by atoms with Crippen molar-refractivity contribution in [3.63, 3.8) is 0 Å². The molecule has 0 amide bonds. The zero-order valence-electron chi connectivity index (χ0n) is 9.46. The molecule has 0 fully saturated rings. The summed E-state index contributed by atoms with van der Waals surface area (Å²) in [6.45, 7) is 4.16. The fourth-order valence-electron chi connectivity index (χ4n) is 1.55. The van der Waals surface area contributed by atoms with E-state index in [1.54, 1.807) is 12.1 Å². The van der Waals surface area contributed by atoms with Gasteiger partial charge in [-0.25, -0.2) is 4.79 Å². The number of aromatic carboxylic acids is 1. The van der Waals surface area contributed by atoms with Crippen molar-refractivity contribution in [2.45, 2.75) is 32.7 Å². The minimum absolute atomic E-state index is 0.303. The van der Waals surface area contributed by atoms with E-state index < -0.39 is 5.97 Å². The second-order valence-electron chi connectivity index (χ2n) is 3.63. The van der Waals surface area contributed by atoms with Gasteiger partial charge in [0.25, 0.3) is 0 Å². The molecule has 0 aliphatic heterocycles. The molecule has 1 rings (SSSR count). The van der Waals surface area contributed by atoms with Crippen molar-refractivity contribution in [1.82, 2.24) is 0 Å². The third-order valence-electron chi connectivity index (χ3n) is 2.58. The fraction of sp³-hybridized carbons (Fsp3) is 0.417. The molecule has 0 unspecified atom stereocenters. The Morgan fingerprint density at radius 1 is 1.44 bits per heavy atom. The number of carboxylic acids is 1. The van der Waals surface area contributed by atoms with Gasteiger partial charge in [0.05, 0.1) is 11.3 Å². The molecule has 2 N–H and O–H groups in total. The number of nitrogens with one attached hydrogen (secondary N) is 1. The summed E-state index contributed by atoms with van der Waals surface area (Å²) in [7, 11) is 0. The minimum Gasteiger partial charge on any atom is -0.478 e. The summed E-state index contributed by atoms with van der Waals surface area (Å²) < 4.78 is 0.791. The van der Waals surface area contributed by atoms with Crippen LogP contribution < -0.4 is 5.32 Å². The van der Waals surface area contributed by atoms with Gasteiger partial charge in [0.15, 0.2) is 0 Å². The van der Waals surface area contributed by atoms with E-state index in [1.165, 1.54) is 0 Å². The molecule has 0 radical (unpaired) electrons. The Morgan fingerprint density at radius 2 is 2.06 bits per heavy atom. The topological polar surface area (TPSA) is 49.3 Å². The number of rotatable bonds is 5. The second kappa shape index (κ2) is 5.89. The van der Waals surface area contributed by atoms with Gasteiger partial charge in [-0.05, 0) is 40.9 Å². The summed E-state index contributed by atoms with van der Waals surface area (Å²) in [6, 6.07) is 5.48. The molecule has 0 aliphatic carbocycles. The fourth-order valence-corrected chi connectivity index (χ4v) is 2.03. The number of hydrogen-bond donors (Lipinski definition) is 2. The molecule has 1 aromatic carbocycles. The van der Waals surface area contributed by atoms with Gasteiger partial charge in [-0.3, -0.25) is 0 Å². The van der Waals surface area contributed by atoms with Crippen LogP contribution in [0.5, 0.6) is 0 Å². The molecule has 0 spiro atoms. The van der Waals surface area contributed by atoms with Crippen molar-refractivity contribution in [2.75, 3.05) is 5.32 Å². The number of carbonyl (C=O) groups is 1. The zero-order chi connectivity index (χ0) is 12.1. The standard InChI is InChI=1S/C12H16BrNO2/c1-3-8(4-2)14-11-9(12(15)16)6-5-7-10(11)13/h5-8,14H,3-4H2,1-2H3,(H,15,16). The number of hydrogen-bond acceptors (Lipinski definition) is 2. The molecule has 0 saturated heterocycles. The monoisotopic (exact) mass is 285 g/mol. The average molecular weight is 286 g/mol. The maximum absolute atomic E-state index is 11.1. The van der Waals surface area contributed by atoms with Crippen molar-refractivity contribution >= 4 is 27.6 Å². The lowest BCUT2D eigenvalue weighted by Crippen LogP contribution is -2.19. The van der Waals surface area contributed by atoms with Crippen molar-refractivity contribution in [2.24, 2.45) is 0 Å². The summed E-state index contributed by atoms with van der Waals surface area (Å²) >= 11 is 3.38. The van der Waals surface area contributed by atoms with Crippen LogP contribution >= 0.6 is 15.9 Å². The van der Waals surface area contributed by atoms with Crippen molar-refractivity contribution in [1.29, 1.82) is 0 Å². The van der Waals surface area contributed by atoms with Gasteiger partial charge in [0, 0.05) is 10.5 Å². The Labute approximate surface area is 104 Å². The molecule has 16 heavy (non-hydrogen) atoms. The van der Waals surface area contributed by atoms with Crippen LogP contribution in [0.2, 0.25) is 0 Å². The number of carboxylic acid groups (broad SMARTS) is 1. The van der Waals surface area contributed by atoms with E-state index in [-0.39, 0.29) is 0 Å². The third-order valence-corrected chi connectivity index (χ3v) is 3.24. The lowest BCUT2D eigenvalue weighted by Gasteiger charge is -2.19. The first-order chi connectivity index (χ1) is 7.60. The van der Waals surface area contributed by atoms with Crippen LogP contribution in [0, 0.1) is 0 Å². The predicted molar refractivity (Wildman–Crippen MR) is 69.1 cm³/mol. The maximum Gasteiger partial charge on any atom is 0.337 e. The average Bonchev–Trinajstić information content (AvgIpc) is 2.27. The highest BCUT2D eigenvalue weighted by Crippen LogP contribution is 2.27. The molecular formula is C12H16BrNO2. The molecule has 0 aliphatic rings. The van der Waals surface area contributed by atoms with Gasteiger partial charge in [-0.15, -0.1) is 0 Å². The molecule has 1 aromatic rings. The Bertz CT molecular complexity index is 375. The molecule has 3 nitrogen and oxygen atoms in total. The van der Waals surface area contributed by atoms with Gasteiger partial charge in [0.1, 0.15) is 0 Å². The molecule has 0 bridgehead atoms. The summed E-state index contributed by atoms with van der Waals surface area (Å²) in [5.74, 6) is -0.908. The normalized spacial score (nSPS) is 10.5. The van der Waals surface area contributed by atoms with E-state index in [1.807, 2.05) is 6.07 Å². The van der Waals surface area contributed by atoms with Crippen LogP contribution in [-0.2, 0) is 0 Å². The van der Waals surface area contributed by atoms with Crippen molar-refractivity contribution in [3.8, 4) is 0 Å². The summed E-state index contributed by atoms with van der Waals surface area (Å²) in [6.07, 6.45) is 1.94. The lowest BCUT2D eigenvalue weighted by atomic mass is 10.1. The van der Waals surface area contributed by atoms with Gasteiger partial charge < -0.3 is 10.4 Å². The summed E-state index contributed by atoms with van der Waals surface area (Å²) in [4.78, 5) is 11.1. The van der Waals surface area contributed by atoms with Crippen LogP contribution in [0.25, 0.3) is 0 Å². The first-order valence-corrected chi connectivity index (χ1v) is 6.17. The van der Waals surface area contributed by atoms with Crippen LogP contribution in [0.1, 0.15) is 37.0 Å². The molecule has 0 atom stereocenters. The molecular weight excluding hydrogens is 270 g/mol. The van der Waals surface area contributed by atoms with E-state index in [4.69, 9.17) is 5.11 Å². The Hall–Kier alpha value is -1.03. The van der Waals surface area contributed by atoms with Gasteiger partial charge >= 0.3 is 5.97 Å². The number of para-hydroxylation sites is 1. The van der Waals surface area contributed by atoms with E-state index in [2.05, 4.69) is 35.1 Å². The quantitative estimate of drug-likeness (QED) is 0.866. The molecule has 0 saturated carbocycles. The summed E-state index contributed by atoms with van der Waals surface area (Å²) in [5.41, 5.74) is 0.977. The Balaban J connectivity index is 3.05. The van der Waals surface area contributed by atoms with E-state index in [0.717, 1.165) is 17.3 Å². The predicted octanol–water partition coefficient (Wildman–Crippen LogP) is 3.75. The van der Waals surface area contributed by atoms with Crippen molar-refractivity contribution < 1.29 is 9.90 Å². The highest BCUT2D eigenvalue weighted by atomic mass is 79.9. The van der Waals surface area contributed by atoms with Crippen LogP contribution in [-0.4, -0.2) is 17.1 Å². The van der Waals surface area contributed by atoms with Crippen LogP contribution in [0.15, 0.2) is 22.7 Å². The number of halogens is 1. The first-order valence-electron chi connectivity index (χ1n) is 5.38. The zero-order valence-corrected chi connectivity index (χ0v) is 11.0. The van der Waals surface area contributed by atoms with E-state index in [0.29, 0.717) is 17.3 Å². The number of benzene rings is 1. The highest BCUT2D eigenvalue weighted by Gasteiger charge is 2.14. The van der Waals surface area contributed by atoms with Gasteiger partial charge in [-0.1, -0.05) is 19.9 Å². The third kappa shape index (κ3) is 2.98. The molecule has 0 aromatic heterocycles. The van der Waals surface area contributed by atoms with Gasteiger partial charge in [-0.2, -0.15) is 0 Å². The lowest BCUT2D eigenvalue weighted by molar-refractivity contribution is 0.0698. The molecule has 4 heteroatoms. The minimum atomic E-state index is -0.908. The largest absolute Gasteiger partial charge is 0.478 e. The first kappa shape index (κ1) is 13.0. The second-order valence-corrected chi connectivity index (χ2v) is 4.48. The van der Waals surface area contributed by atoms with Crippen LogP contribution in [0.4, 0.5) is 5.69 Å². The van der Waals surface area contributed by atoms with E-state index >= 15 is 0 Å².